The van der Waals surface area contributed by atoms with Gasteiger partial charge in [-0.2, -0.15) is 5.10 Å². The van der Waals surface area contributed by atoms with Gasteiger partial charge in [0.15, 0.2) is 0 Å². The van der Waals surface area contributed by atoms with Crippen molar-refractivity contribution < 1.29 is 4.79 Å². The molecule has 0 saturated heterocycles. The molecule has 0 unspecified atom stereocenters. The van der Waals surface area contributed by atoms with Crippen LogP contribution in [-0.2, 0) is 0 Å². The summed E-state index contributed by atoms with van der Waals surface area (Å²) in [6.45, 7) is 1.97. The van der Waals surface area contributed by atoms with Crippen LogP contribution in [-0.4, -0.2) is 21.9 Å². The molecule has 1 N–H and O–H groups in total. The van der Waals surface area contributed by atoms with Gasteiger partial charge in [-0.15, -0.1) is 23.1 Å². The number of anilines is 1. The summed E-state index contributed by atoms with van der Waals surface area (Å²) in [6, 6.07) is 19.8. The molecule has 0 atom stereocenters. The van der Waals surface area contributed by atoms with Crippen LogP contribution in [0.5, 0.6) is 0 Å². The van der Waals surface area contributed by atoms with Crippen molar-refractivity contribution in [1.82, 2.24) is 9.78 Å². The topological polar surface area (TPSA) is 46.9 Å². The van der Waals surface area contributed by atoms with Gasteiger partial charge in [0.2, 0.25) is 0 Å². The summed E-state index contributed by atoms with van der Waals surface area (Å²) < 4.78 is 1.90. The molecule has 2 aromatic heterocycles. The van der Waals surface area contributed by atoms with Crippen molar-refractivity contribution in [1.29, 1.82) is 0 Å². The van der Waals surface area contributed by atoms with Crippen molar-refractivity contribution in [2.75, 3.05) is 11.6 Å². The first kappa shape index (κ1) is 16.9. The largest absolute Gasteiger partial charge is 0.321 e. The van der Waals surface area contributed by atoms with Crippen molar-refractivity contribution in [2.24, 2.45) is 0 Å². The molecule has 26 heavy (non-hydrogen) atoms. The van der Waals surface area contributed by atoms with Crippen molar-refractivity contribution in [3.8, 4) is 5.69 Å². The van der Waals surface area contributed by atoms with E-state index >= 15 is 0 Å². The Hall–Kier alpha value is -2.57. The Labute approximate surface area is 159 Å². The maximum absolute atomic E-state index is 12.7. The SMILES string of the molecule is CSc1cccc(NC(=O)c2cc3c(C)nn(-c4ccccc4)c3s2)c1. The zero-order chi connectivity index (χ0) is 18.1. The Morgan fingerprint density at radius 2 is 1.92 bits per heavy atom. The highest BCUT2D eigenvalue weighted by Crippen LogP contribution is 2.31. The summed E-state index contributed by atoms with van der Waals surface area (Å²) >= 11 is 3.11. The predicted octanol–water partition coefficient (Wildman–Crippen LogP) is 5.37. The zero-order valence-electron chi connectivity index (χ0n) is 14.4. The molecule has 4 rings (SSSR count). The van der Waals surface area contributed by atoms with Crippen LogP contribution < -0.4 is 5.32 Å². The number of hydrogen-bond donors (Lipinski definition) is 1. The smallest absolute Gasteiger partial charge is 0.265 e. The van der Waals surface area contributed by atoms with Crippen LogP contribution >= 0.6 is 23.1 Å². The van der Waals surface area contributed by atoms with Crippen molar-refractivity contribution in [3.05, 3.63) is 71.2 Å². The lowest BCUT2D eigenvalue weighted by molar-refractivity contribution is 0.103. The lowest BCUT2D eigenvalue weighted by atomic mass is 10.3. The number of benzene rings is 2. The number of carbonyl (C=O) groups is 1. The summed E-state index contributed by atoms with van der Waals surface area (Å²) in [5.41, 5.74) is 2.72. The number of thiophene rings is 1. The maximum atomic E-state index is 12.7. The fraction of sp³-hybridized carbons (Fsp3) is 0.100. The number of amides is 1. The van der Waals surface area contributed by atoms with Crippen LogP contribution in [0.1, 0.15) is 15.4 Å². The lowest BCUT2D eigenvalue weighted by Crippen LogP contribution is -2.10. The fourth-order valence-electron chi connectivity index (χ4n) is 2.80. The quantitative estimate of drug-likeness (QED) is 0.485. The van der Waals surface area contributed by atoms with Gasteiger partial charge in [-0.05, 0) is 49.6 Å². The van der Waals surface area contributed by atoms with E-state index in [4.69, 9.17) is 0 Å². The van der Waals surface area contributed by atoms with Crippen molar-refractivity contribution >= 4 is 44.9 Å². The predicted molar refractivity (Wildman–Crippen MR) is 110 cm³/mol. The summed E-state index contributed by atoms with van der Waals surface area (Å²) in [5, 5.41) is 8.63. The molecule has 0 aliphatic heterocycles. The highest BCUT2D eigenvalue weighted by atomic mass is 32.2. The van der Waals surface area contributed by atoms with Crippen LogP contribution in [0.3, 0.4) is 0 Å². The third-order valence-electron chi connectivity index (χ3n) is 4.10. The molecule has 4 nitrogen and oxygen atoms in total. The first-order valence-corrected chi connectivity index (χ1v) is 10.2. The van der Waals surface area contributed by atoms with Crippen LogP contribution in [0, 0.1) is 6.92 Å². The van der Waals surface area contributed by atoms with E-state index in [1.54, 1.807) is 11.8 Å². The van der Waals surface area contributed by atoms with Crippen LogP contribution in [0.25, 0.3) is 15.9 Å². The van der Waals surface area contributed by atoms with Gasteiger partial charge in [0.1, 0.15) is 4.83 Å². The summed E-state index contributed by atoms with van der Waals surface area (Å²) in [7, 11) is 0. The van der Waals surface area contributed by atoms with Gasteiger partial charge < -0.3 is 5.32 Å². The minimum Gasteiger partial charge on any atom is -0.321 e. The minimum absolute atomic E-state index is 0.0940. The van der Waals surface area contributed by atoms with Gasteiger partial charge in [-0.1, -0.05) is 24.3 Å². The molecule has 2 aromatic carbocycles. The second-order valence-corrected chi connectivity index (χ2v) is 7.76. The number of rotatable bonds is 4. The lowest BCUT2D eigenvalue weighted by Gasteiger charge is -2.05. The molecule has 6 heteroatoms. The van der Waals surface area contributed by atoms with Crippen LogP contribution in [0.2, 0.25) is 0 Å². The normalized spacial score (nSPS) is 11.0. The minimum atomic E-state index is -0.0940. The number of hydrogen-bond acceptors (Lipinski definition) is 4. The Bertz CT molecular complexity index is 1080. The first-order valence-electron chi connectivity index (χ1n) is 8.15. The molecular weight excluding hydrogens is 362 g/mol. The average Bonchev–Trinajstić information content (AvgIpc) is 3.23. The Morgan fingerprint density at radius 3 is 2.69 bits per heavy atom. The summed E-state index contributed by atoms with van der Waals surface area (Å²) in [4.78, 5) is 15.5. The van der Waals surface area contributed by atoms with Crippen molar-refractivity contribution in [2.45, 2.75) is 11.8 Å². The van der Waals surface area contributed by atoms with E-state index in [0.29, 0.717) is 4.88 Å². The van der Waals surface area contributed by atoms with Crippen LogP contribution in [0.4, 0.5) is 5.69 Å². The highest BCUT2D eigenvalue weighted by Gasteiger charge is 2.17. The molecule has 0 fully saturated rings. The summed E-state index contributed by atoms with van der Waals surface area (Å²) in [6.07, 6.45) is 2.02. The van der Waals surface area contributed by atoms with Gasteiger partial charge in [0, 0.05) is 16.0 Å². The molecule has 130 valence electrons. The monoisotopic (exact) mass is 379 g/mol. The molecule has 0 spiro atoms. The van der Waals surface area contributed by atoms with E-state index in [2.05, 4.69) is 10.4 Å². The summed E-state index contributed by atoms with van der Waals surface area (Å²) in [5.74, 6) is -0.0940. The van der Waals surface area contributed by atoms with Gasteiger partial charge in [0.25, 0.3) is 5.91 Å². The third-order valence-corrected chi connectivity index (χ3v) is 5.93. The number of thioether (sulfide) groups is 1. The van der Waals surface area contributed by atoms with E-state index in [-0.39, 0.29) is 5.91 Å². The molecule has 0 aliphatic carbocycles. The van der Waals surface area contributed by atoms with Crippen molar-refractivity contribution in [3.63, 3.8) is 0 Å². The maximum Gasteiger partial charge on any atom is 0.265 e. The highest BCUT2D eigenvalue weighted by molar-refractivity contribution is 7.98. The Morgan fingerprint density at radius 1 is 1.12 bits per heavy atom. The van der Waals surface area contributed by atoms with Gasteiger partial charge in [-0.3, -0.25) is 4.79 Å². The molecule has 4 aromatic rings. The molecule has 0 bridgehead atoms. The van der Waals surface area contributed by atoms with Gasteiger partial charge in [0.05, 0.1) is 16.3 Å². The second kappa shape index (κ2) is 6.97. The Kier molecular flexibility index (Phi) is 4.53. The number of para-hydroxylation sites is 1. The molecular formula is C20H17N3OS2. The number of aromatic nitrogens is 2. The zero-order valence-corrected chi connectivity index (χ0v) is 16.0. The number of carbonyl (C=O) groups excluding carboxylic acids is 1. The van der Waals surface area contributed by atoms with E-state index in [1.165, 1.54) is 11.3 Å². The number of nitrogens with zero attached hydrogens (tertiary/aromatic N) is 2. The average molecular weight is 380 g/mol. The first-order chi connectivity index (χ1) is 12.7. The second-order valence-electron chi connectivity index (χ2n) is 5.85. The van der Waals surface area contributed by atoms with E-state index in [0.717, 1.165) is 32.2 Å². The standard InChI is InChI=1S/C20H17N3OS2/c1-13-17-12-18(19(24)21-14-7-6-10-16(11-14)25-2)26-20(17)23(22-13)15-8-4-3-5-9-15/h3-12H,1-2H3,(H,21,24). The van der Waals surface area contributed by atoms with Crippen LogP contribution in [0.15, 0.2) is 65.6 Å². The number of fused-ring (bicyclic) bond motifs is 1. The van der Waals surface area contributed by atoms with E-state index in [1.807, 2.05) is 78.5 Å². The van der Waals surface area contributed by atoms with Gasteiger partial charge >= 0.3 is 0 Å². The molecule has 2 heterocycles. The molecule has 1 amide bonds. The number of aryl methyl sites for hydroxylation is 1. The fourth-order valence-corrected chi connectivity index (χ4v) is 4.33. The number of nitrogens with one attached hydrogen (secondary N) is 1. The molecule has 0 radical (unpaired) electrons. The Balaban J connectivity index is 1.68. The molecule has 0 aliphatic rings. The van der Waals surface area contributed by atoms with E-state index in [9.17, 15) is 4.79 Å². The molecule has 0 saturated carbocycles. The third kappa shape index (κ3) is 3.13. The van der Waals surface area contributed by atoms with E-state index < -0.39 is 0 Å². The van der Waals surface area contributed by atoms with Gasteiger partial charge in [-0.25, -0.2) is 4.68 Å².